The number of para-hydroxylation sites is 1. The SMILES string of the molecule is O=c1[nH]c(=O)n(-c2ccc(Br)cc2)c(O)c1C(=NCc1ccccc1Br)Nc1ccccc1. The number of nitrogens with zero attached hydrogens (tertiary/aromatic N) is 2. The number of hydrogen-bond acceptors (Lipinski definition) is 4. The Labute approximate surface area is 205 Å². The number of nitrogens with one attached hydrogen (secondary N) is 2. The van der Waals surface area contributed by atoms with Crippen LogP contribution >= 0.6 is 31.9 Å². The summed E-state index contributed by atoms with van der Waals surface area (Å²) in [5.41, 5.74) is 0.302. The fourth-order valence-electron chi connectivity index (χ4n) is 3.20. The molecule has 4 rings (SSSR count). The summed E-state index contributed by atoms with van der Waals surface area (Å²) in [5.74, 6) is -0.387. The average Bonchev–Trinajstić information content (AvgIpc) is 2.80. The van der Waals surface area contributed by atoms with Gasteiger partial charge in [0.25, 0.3) is 5.56 Å². The molecule has 166 valence electrons. The van der Waals surface area contributed by atoms with E-state index in [4.69, 9.17) is 0 Å². The molecular weight excluding hydrogens is 552 g/mol. The van der Waals surface area contributed by atoms with Gasteiger partial charge in [0.15, 0.2) is 0 Å². The van der Waals surface area contributed by atoms with E-state index in [1.165, 1.54) is 0 Å². The molecule has 0 radical (unpaired) electrons. The van der Waals surface area contributed by atoms with Crippen LogP contribution in [-0.4, -0.2) is 20.5 Å². The second-order valence-corrected chi connectivity index (χ2v) is 8.79. The fraction of sp³-hybridized carbons (Fsp3) is 0.0417. The van der Waals surface area contributed by atoms with Gasteiger partial charge in [0, 0.05) is 14.6 Å². The predicted molar refractivity (Wildman–Crippen MR) is 136 cm³/mol. The minimum atomic E-state index is -0.756. The van der Waals surface area contributed by atoms with Gasteiger partial charge in [-0.05, 0) is 48.0 Å². The van der Waals surface area contributed by atoms with E-state index < -0.39 is 17.1 Å². The average molecular weight is 570 g/mol. The third kappa shape index (κ3) is 5.15. The van der Waals surface area contributed by atoms with Crippen LogP contribution in [0.4, 0.5) is 5.69 Å². The summed E-state index contributed by atoms with van der Waals surface area (Å²) in [6.45, 7) is 0.229. The second kappa shape index (κ2) is 10.0. The van der Waals surface area contributed by atoms with E-state index in [0.29, 0.717) is 11.4 Å². The van der Waals surface area contributed by atoms with Crippen LogP contribution in [0.1, 0.15) is 11.1 Å². The van der Waals surface area contributed by atoms with Gasteiger partial charge >= 0.3 is 5.69 Å². The molecule has 0 aliphatic rings. The van der Waals surface area contributed by atoms with Gasteiger partial charge in [-0.3, -0.25) is 14.8 Å². The Morgan fingerprint density at radius 2 is 1.61 bits per heavy atom. The molecule has 1 heterocycles. The summed E-state index contributed by atoms with van der Waals surface area (Å²) in [5, 5.41) is 14.2. The summed E-state index contributed by atoms with van der Waals surface area (Å²) in [6.07, 6.45) is 0. The Bertz CT molecular complexity index is 1430. The first-order chi connectivity index (χ1) is 15.9. The predicted octanol–water partition coefficient (Wildman–Crippen LogP) is 4.82. The minimum absolute atomic E-state index is 0.126. The van der Waals surface area contributed by atoms with Crippen LogP contribution in [0.25, 0.3) is 5.69 Å². The van der Waals surface area contributed by atoms with E-state index in [9.17, 15) is 14.7 Å². The first kappa shape index (κ1) is 22.8. The van der Waals surface area contributed by atoms with Crippen molar-refractivity contribution < 1.29 is 5.11 Å². The van der Waals surface area contributed by atoms with Gasteiger partial charge in [0.05, 0.1) is 12.2 Å². The number of aromatic nitrogens is 2. The van der Waals surface area contributed by atoms with Crippen molar-refractivity contribution in [2.45, 2.75) is 6.54 Å². The third-order valence-corrected chi connectivity index (χ3v) is 6.11. The Kier molecular flexibility index (Phi) is 6.90. The number of rotatable bonds is 5. The van der Waals surface area contributed by atoms with Crippen LogP contribution in [0.5, 0.6) is 5.88 Å². The molecule has 1 aromatic heterocycles. The second-order valence-electron chi connectivity index (χ2n) is 7.02. The largest absolute Gasteiger partial charge is 0.493 e. The molecule has 33 heavy (non-hydrogen) atoms. The summed E-state index contributed by atoms with van der Waals surface area (Å²) in [7, 11) is 0. The lowest BCUT2D eigenvalue weighted by atomic mass is 10.2. The molecule has 4 aromatic rings. The maximum absolute atomic E-state index is 12.8. The molecule has 0 spiro atoms. The fourth-order valence-corrected chi connectivity index (χ4v) is 3.87. The van der Waals surface area contributed by atoms with Crippen LogP contribution in [0.2, 0.25) is 0 Å². The first-order valence-corrected chi connectivity index (χ1v) is 11.5. The van der Waals surface area contributed by atoms with Gasteiger partial charge in [0.1, 0.15) is 11.4 Å². The summed E-state index contributed by atoms with van der Waals surface area (Å²) in [4.78, 5) is 32.3. The Morgan fingerprint density at radius 1 is 0.939 bits per heavy atom. The van der Waals surface area contributed by atoms with Gasteiger partial charge < -0.3 is 10.4 Å². The normalized spacial score (nSPS) is 11.4. The van der Waals surface area contributed by atoms with Crippen LogP contribution in [0.15, 0.2) is 102 Å². The van der Waals surface area contributed by atoms with E-state index in [2.05, 4.69) is 47.2 Å². The van der Waals surface area contributed by atoms with E-state index in [-0.39, 0.29) is 17.9 Å². The molecule has 0 aliphatic carbocycles. The minimum Gasteiger partial charge on any atom is -0.493 e. The highest BCUT2D eigenvalue weighted by Gasteiger charge is 2.21. The first-order valence-electron chi connectivity index (χ1n) is 9.88. The number of H-pyrrole nitrogens is 1. The number of aromatic amines is 1. The van der Waals surface area contributed by atoms with E-state index in [1.807, 2.05) is 54.6 Å². The van der Waals surface area contributed by atoms with Crippen molar-refractivity contribution in [2.24, 2.45) is 4.99 Å². The van der Waals surface area contributed by atoms with Crippen molar-refractivity contribution >= 4 is 43.4 Å². The number of aliphatic imine (C=N–C) groups is 1. The van der Waals surface area contributed by atoms with Crippen LogP contribution in [-0.2, 0) is 6.54 Å². The Balaban J connectivity index is 1.87. The molecule has 0 unspecified atom stereocenters. The summed E-state index contributed by atoms with van der Waals surface area (Å²) in [6, 6.07) is 23.5. The molecular formula is C24H18Br2N4O3. The zero-order chi connectivity index (χ0) is 23.4. The smallest absolute Gasteiger partial charge is 0.335 e. The monoisotopic (exact) mass is 568 g/mol. The van der Waals surface area contributed by atoms with Crippen molar-refractivity contribution in [1.29, 1.82) is 0 Å². The highest BCUT2D eigenvalue weighted by Crippen LogP contribution is 2.22. The molecule has 0 bridgehead atoms. The third-order valence-electron chi connectivity index (χ3n) is 4.81. The molecule has 0 fully saturated rings. The van der Waals surface area contributed by atoms with Gasteiger partial charge in [-0.1, -0.05) is 68.3 Å². The zero-order valence-corrected chi connectivity index (χ0v) is 20.3. The quantitative estimate of drug-likeness (QED) is 0.237. The lowest BCUT2D eigenvalue weighted by molar-refractivity contribution is 0.429. The maximum Gasteiger partial charge on any atom is 0.335 e. The number of benzene rings is 3. The van der Waals surface area contributed by atoms with Crippen LogP contribution in [0.3, 0.4) is 0 Å². The van der Waals surface area contributed by atoms with E-state index >= 15 is 0 Å². The number of anilines is 1. The van der Waals surface area contributed by atoms with Gasteiger partial charge in [-0.25, -0.2) is 9.36 Å². The maximum atomic E-state index is 12.8. The highest BCUT2D eigenvalue weighted by atomic mass is 79.9. The molecule has 0 saturated heterocycles. The number of aromatic hydroxyl groups is 1. The van der Waals surface area contributed by atoms with Crippen molar-refractivity contribution in [1.82, 2.24) is 9.55 Å². The van der Waals surface area contributed by atoms with Crippen molar-refractivity contribution in [2.75, 3.05) is 5.32 Å². The van der Waals surface area contributed by atoms with Gasteiger partial charge in [-0.2, -0.15) is 0 Å². The number of amidine groups is 1. The van der Waals surface area contributed by atoms with Crippen LogP contribution in [0, 0.1) is 0 Å². The van der Waals surface area contributed by atoms with Gasteiger partial charge in [-0.15, -0.1) is 0 Å². The number of hydrogen-bond donors (Lipinski definition) is 3. The van der Waals surface area contributed by atoms with Crippen molar-refractivity contribution in [3.05, 3.63) is 120 Å². The van der Waals surface area contributed by atoms with Crippen LogP contribution < -0.4 is 16.6 Å². The van der Waals surface area contributed by atoms with Crippen molar-refractivity contribution in [3.63, 3.8) is 0 Å². The Hall–Kier alpha value is -3.43. The zero-order valence-electron chi connectivity index (χ0n) is 17.1. The molecule has 0 saturated carbocycles. The number of halogens is 2. The molecule has 3 N–H and O–H groups in total. The topological polar surface area (TPSA) is 99.5 Å². The molecule has 9 heteroatoms. The van der Waals surface area contributed by atoms with Crippen molar-refractivity contribution in [3.8, 4) is 11.6 Å². The standard InChI is InChI=1S/C24H18Br2N4O3/c25-16-10-12-18(13-11-16)30-23(32)20(22(31)29-24(30)33)21(28-17-7-2-1-3-8-17)27-14-15-6-4-5-9-19(15)26/h1-13,32H,14H2,(H,27,28)(H,29,31,33). The van der Waals surface area contributed by atoms with E-state index in [0.717, 1.165) is 19.1 Å². The highest BCUT2D eigenvalue weighted by molar-refractivity contribution is 9.10. The molecule has 0 atom stereocenters. The molecule has 3 aromatic carbocycles. The molecule has 0 aliphatic heterocycles. The lowest BCUT2D eigenvalue weighted by Crippen LogP contribution is -2.35. The summed E-state index contributed by atoms with van der Waals surface area (Å²) < 4.78 is 2.71. The lowest BCUT2D eigenvalue weighted by Gasteiger charge is -2.15. The van der Waals surface area contributed by atoms with Gasteiger partial charge in [0.2, 0.25) is 5.88 Å². The Morgan fingerprint density at radius 3 is 2.30 bits per heavy atom. The molecule has 0 amide bonds. The van der Waals surface area contributed by atoms with E-state index in [1.54, 1.807) is 24.3 Å². The molecule has 7 nitrogen and oxygen atoms in total. The summed E-state index contributed by atoms with van der Waals surface area (Å²) >= 11 is 6.85.